The first-order chi connectivity index (χ1) is 11.5. The Kier molecular flexibility index (Phi) is 4.98. The third-order valence-electron chi connectivity index (χ3n) is 4.23. The Bertz CT molecular complexity index is 801. The molecule has 24 heavy (non-hydrogen) atoms. The molecule has 1 fully saturated rings. The molecule has 0 radical (unpaired) electrons. The van der Waals surface area contributed by atoms with Crippen LogP contribution in [0.1, 0.15) is 36.6 Å². The third-order valence-corrected chi connectivity index (χ3v) is 7.13. The van der Waals surface area contributed by atoms with E-state index in [1.54, 1.807) is 15.6 Å². The van der Waals surface area contributed by atoms with Crippen molar-refractivity contribution in [3.63, 3.8) is 0 Å². The van der Waals surface area contributed by atoms with E-state index in [2.05, 4.69) is 0 Å². The second-order valence-electron chi connectivity index (χ2n) is 5.75. The average molecular weight is 366 g/mol. The fourth-order valence-electron chi connectivity index (χ4n) is 3.01. The normalized spacial score (nSPS) is 19.8. The molecular weight excluding hydrogens is 348 g/mol. The molecule has 3 rings (SSSR count). The summed E-state index contributed by atoms with van der Waals surface area (Å²) in [4.78, 5) is 11.4. The van der Waals surface area contributed by atoms with E-state index >= 15 is 0 Å². The molecule has 0 unspecified atom stereocenters. The van der Waals surface area contributed by atoms with Crippen LogP contribution in [0.5, 0.6) is 0 Å². The van der Waals surface area contributed by atoms with Crippen LogP contribution in [0.15, 0.2) is 46.7 Å². The summed E-state index contributed by atoms with van der Waals surface area (Å²) in [5.74, 6) is 0. The first-order valence-electron chi connectivity index (χ1n) is 7.80. The number of nitrogens with zero attached hydrogens (tertiary/aromatic N) is 2. The predicted octanol–water partition coefficient (Wildman–Crippen LogP) is 3.96. The number of nitro groups is 1. The number of thiophene rings is 1. The summed E-state index contributed by atoms with van der Waals surface area (Å²) in [7, 11) is -3.69. The van der Waals surface area contributed by atoms with Crippen molar-refractivity contribution in [1.29, 1.82) is 0 Å². The van der Waals surface area contributed by atoms with E-state index < -0.39 is 14.9 Å². The summed E-state index contributed by atoms with van der Waals surface area (Å²) in [6, 6.07) is 8.87. The molecule has 0 bridgehead atoms. The van der Waals surface area contributed by atoms with Crippen LogP contribution < -0.4 is 0 Å². The van der Waals surface area contributed by atoms with Gasteiger partial charge in [-0.15, -0.1) is 11.3 Å². The molecule has 0 saturated carbocycles. The van der Waals surface area contributed by atoms with Gasteiger partial charge in [0.25, 0.3) is 5.69 Å². The SMILES string of the molecule is O=[N+]([O-])c1ccc(S(=O)(=O)N2CCCCC[C@H]2c2cccs2)cc1. The van der Waals surface area contributed by atoms with Gasteiger partial charge in [0.1, 0.15) is 0 Å². The van der Waals surface area contributed by atoms with E-state index in [0.29, 0.717) is 6.54 Å². The van der Waals surface area contributed by atoms with Gasteiger partial charge in [0.15, 0.2) is 0 Å². The third kappa shape index (κ3) is 3.35. The van der Waals surface area contributed by atoms with Crippen LogP contribution in [0.4, 0.5) is 5.69 Å². The molecule has 6 nitrogen and oxygen atoms in total. The smallest absolute Gasteiger partial charge is 0.258 e. The molecule has 1 saturated heterocycles. The van der Waals surface area contributed by atoms with Crippen molar-refractivity contribution in [2.24, 2.45) is 0 Å². The summed E-state index contributed by atoms with van der Waals surface area (Å²) in [6.07, 6.45) is 3.63. The van der Waals surface area contributed by atoms with E-state index in [0.717, 1.165) is 30.6 Å². The molecule has 1 atom stereocenters. The first-order valence-corrected chi connectivity index (χ1v) is 10.1. The Labute approximate surface area is 144 Å². The lowest BCUT2D eigenvalue weighted by molar-refractivity contribution is -0.384. The second-order valence-corrected chi connectivity index (χ2v) is 8.62. The van der Waals surface area contributed by atoms with E-state index in [1.165, 1.54) is 24.3 Å². The fraction of sp³-hybridized carbons (Fsp3) is 0.375. The van der Waals surface area contributed by atoms with Gasteiger partial charge in [-0.2, -0.15) is 4.31 Å². The highest BCUT2D eigenvalue weighted by Crippen LogP contribution is 2.36. The quantitative estimate of drug-likeness (QED) is 0.606. The van der Waals surface area contributed by atoms with Crippen LogP contribution in [0.2, 0.25) is 0 Å². The number of sulfonamides is 1. The van der Waals surface area contributed by atoms with Crippen LogP contribution in [0.3, 0.4) is 0 Å². The second kappa shape index (κ2) is 7.00. The lowest BCUT2D eigenvalue weighted by Gasteiger charge is -2.28. The Morgan fingerprint density at radius 1 is 1.12 bits per heavy atom. The zero-order valence-corrected chi connectivity index (χ0v) is 14.6. The summed E-state index contributed by atoms with van der Waals surface area (Å²) in [6.45, 7) is 0.474. The van der Waals surface area contributed by atoms with E-state index in [4.69, 9.17) is 0 Å². The molecule has 0 amide bonds. The highest BCUT2D eigenvalue weighted by Gasteiger charge is 2.34. The van der Waals surface area contributed by atoms with E-state index in [9.17, 15) is 18.5 Å². The fourth-order valence-corrected chi connectivity index (χ4v) is 5.62. The Morgan fingerprint density at radius 2 is 1.88 bits per heavy atom. The van der Waals surface area contributed by atoms with Crippen molar-refractivity contribution in [3.05, 3.63) is 56.8 Å². The maximum absolute atomic E-state index is 13.1. The number of rotatable bonds is 4. The molecule has 1 aromatic carbocycles. The summed E-state index contributed by atoms with van der Waals surface area (Å²) >= 11 is 1.56. The minimum atomic E-state index is -3.69. The average Bonchev–Trinajstić information content (AvgIpc) is 2.98. The maximum Gasteiger partial charge on any atom is 0.269 e. The van der Waals surface area contributed by atoms with Crippen molar-refractivity contribution in [3.8, 4) is 0 Å². The number of hydrogen-bond donors (Lipinski definition) is 0. The minimum Gasteiger partial charge on any atom is -0.258 e. The zero-order valence-electron chi connectivity index (χ0n) is 13.0. The van der Waals surface area contributed by atoms with Crippen molar-refractivity contribution in [1.82, 2.24) is 4.31 Å². The highest BCUT2D eigenvalue weighted by atomic mass is 32.2. The van der Waals surface area contributed by atoms with Crippen LogP contribution in [0, 0.1) is 10.1 Å². The van der Waals surface area contributed by atoms with E-state index in [-0.39, 0.29) is 16.6 Å². The Hall–Kier alpha value is -1.77. The van der Waals surface area contributed by atoms with Gasteiger partial charge in [0, 0.05) is 23.6 Å². The van der Waals surface area contributed by atoms with Gasteiger partial charge in [0.05, 0.1) is 15.9 Å². The van der Waals surface area contributed by atoms with Crippen molar-refractivity contribution >= 4 is 27.0 Å². The highest BCUT2D eigenvalue weighted by molar-refractivity contribution is 7.89. The molecule has 1 aromatic heterocycles. The lowest BCUT2D eigenvalue weighted by atomic mass is 10.1. The molecular formula is C16H18N2O4S2. The van der Waals surface area contributed by atoms with Crippen molar-refractivity contribution in [2.75, 3.05) is 6.54 Å². The Balaban J connectivity index is 1.97. The van der Waals surface area contributed by atoms with Gasteiger partial charge in [-0.05, 0) is 36.4 Å². The van der Waals surface area contributed by atoms with Gasteiger partial charge < -0.3 is 0 Å². The monoisotopic (exact) mass is 366 g/mol. The van der Waals surface area contributed by atoms with Gasteiger partial charge in [-0.25, -0.2) is 8.42 Å². The molecule has 128 valence electrons. The predicted molar refractivity (Wildman–Crippen MR) is 92.5 cm³/mol. The maximum atomic E-state index is 13.1. The first kappa shape index (κ1) is 17.1. The van der Waals surface area contributed by atoms with Crippen LogP contribution in [-0.4, -0.2) is 24.2 Å². The number of nitro benzene ring substituents is 1. The van der Waals surface area contributed by atoms with Crippen LogP contribution in [0.25, 0.3) is 0 Å². The van der Waals surface area contributed by atoms with Crippen molar-refractivity contribution in [2.45, 2.75) is 36.6 Å². The van der Waals surface area contributed by atoms with E-state index in [1.807, 2.05) is 17.5 Å². The molecule has 1 aliphatic rings. The summed E-state index contributed by atoms with van der Waals surface area (Å²) in [5.41, 5.74) is -0.111. The molecule has 2 aromatic rings. The summed E-state index contributed by atoms with van der Waals surface area (Å²) in [5, 5.41) is 12.7. The zero-order chi connectivity index (χ0) is 17.2. The topological polar surface area (TPSA) is 80.5 Å². The minimum absolute atomic E-state index is 0.108. The number of non-ortho nitro benzene ring substituents is 1. The standard InChI is InChI=1S/C16H18N2O4S2/c19-18(20)13-7-9-14(10-8-13)24(21,22)17-11-3-1-2-5-15(17)16-6-4-12-23-16/h4,6-10,12,15H,1-3,5,11H2/t15-/m0/s1. The van der Waals surface area contributed by atoms with Gasteiger partial charge in [0.2, 0.25) is 10.0 Å². The van der Waals surface area contributed by atoms with Gasteiger partial charge in [-0.1, -0.05) is 18.9 Å². The van der Waals surface area contributed by atoms with Gasteiger partial charge in [-0.3, -0.25) is 10.1 Å². The molecule has 0 spiro atoms. The number of hydrogen-bond acceptors (Lipinski definition) is 5. The van der Waals surface area contributed by atoms with Crippen LogP contribution in [-0.2, 0) is 10.0 Å². The van der Waals surface area contributed by atoms with Crippen LogP contribution >= 0.6 is 11.3 Å². The largest absolute Gasteiger partial charge is 0.269 e. The summed E-state index contributed by atoms with van der Waals surface area (Å²) < 4.78 is 27.7. The molecule has 0 aliphatic carbocycles. The molecule has 0 N–H and O–H groups in total. The van der Waals surface area contributed by atoms with Gasteiger partial charge >= 0.3 is 0 Å². The molecule has 8 heteroatoms. The van der Waals surface area contributed by atoms with Crippen molar-refractivity contribution < 1.29 is 13.3 Å². The molecule has 1 aliphatic heterocycles. The molecule has 2 heterocycles. The lowest BCUT2D eigenvalue weighted by Crippen LogP contribution is -2.34. The number of benzene rings is 1. The Morgan fingerprint density at radius 3 is 2.50 bits per heavy atom.